The largest absolute Gasteiger partial charge is 0.481 e. The molecular formula is C11H22N2O3. The van der Waals surface area contributed by atoms with Crippen LogP contribution in [0.2, 0.25) is 0 Å². The van der Waals surface area contributed by atoms with Crippen molar-refractivity contribution in [3.63, 3.8) is 0 Å². The van der Waals surface area contributed by atoms with Crippen LogP contribution < -0.4 is 5.32 Å². The second kappa shape index (κ2) is 8.10. The van der Waals surface area contributed by atoms with E-state index in [-0.39, 0.29) is 18.4 Å². The summed E-state index contributed by atoms with van der Waals surface area (Å²) in [6.45, 7) is 7.67. The molecule has 2 N–H and O–H groups in total. The highest BCUT2D eigenvalue weighted by Crippen LogP contribution is 1.95. The van der Waals surface area contributed by atoms with Crippen molar-refractivity contribution in [1.29, 1.82) is 0 Å². The van der Waals surface area contributed by atoms with E-state index < -0.39 is 5.97 Å². The maximum atomic E-state index is 11.4. The third-order valence-corrected chi connectivity index (χ3v) is 2.19. The van der Waals surface area contributed by atoms with Crippen LogP contribution in [0.5, 0.6) is 0 Å². The molecule has 0 aliphatic heterocycles. The molecule has 0 aromatic carbocycles. The zero-order valence-corrected chi connectivity index (χ0v) is 10.3. The quantitative estimate of drug-likeness (QED) is 0.644. The van der Waals surface area contributed by atoms with Gasteiger partial charge in [0, 0.05) is 25.6 Å². The Morgan fingerprint density at radius 2 is 1.81 bits per heavy atom. The van der Waals surface area contributed by atoms with Gasteiger partial charge in [-0.3, -0.25) is 9.59 Å². The highest BCUT2D eigenvalue weighted by atomic mass is 16.4. The minimum absolute atomic E-state index is 0.0174. The van der Waals surface area contributed by atoms with E-state index in [1.807, 2.05) is 25.7 Å². The van der Waals surface area contributed by atoms with E-state index in [1.165, 1.54) is 0 Å². The number of aliphatic carboxylic acids is 1. The van der Waals surface area contributed by atoms with Gasteiger partial charge in [0.1, 0.15) is 0 Å². The predicted octanol–water partition coefficient (Wildman–Crippen LogP) is 0.698. The topological polar surface area (TPSA) is 69.6 Å². The van der Waals surface area contributed by atoms with E-state index in [9.17, 15) is 9.59 Å². The van der Waals surface area contributed by atoms with Crippen LogP contribution in [0, 0.1) is 0 Å². The number of carboxylic acid groups (broad SMARTS) is 1. The number of rotatable bonds is 8. The summed E-state index contributed by atoms with van der Waals surface area (Å²) in [5.41, 5.74) is 0. The number of hydrogen-bond acceptors (Lipinski definition) is 3. The van der Waals surface area contributed by atoms with E-state index in [1.54, 1.807) is 0 Å². The van der Waals surface area contributed by atoms with Gasteiger partial charge in [0.2, 0.25) is 5.91 Å². The first-order chi connectivity index (χ1) is 7.45. The summed E-state index contributed by atoms with van der Waals surface area (Å²) < 4.78 is 0. The number of nitrogens with zero attached hydrogens (tertiary/aromatic N) is 1. The second-order valence-electron chi connectivity index (χ2n) is 4.05. The second-order valence-corrected chi connectivity index (χ2v) is 4.05. The lowest BCUT2D eigenvalue weighted by molar-refractivity contribution is -0.137. The van der Waals surface area contributed by atoms with Crippen molar-refractivity contribution < 1.29 is 14.7 Å². The normalized spacial score (nSPS) is 10.8. The van der Waals surface area contributed by atoms with Gasteiger partial charge in [0.25, 0.3) is 0 Å². The Labute approximate surface area is 96.8 Å². The molecule has 0 rings (SSSR count). The summed E-state index contributed by atoms with van der Waals surface area (Å²) in [7, 11) is 0. The summed E-state index contributed by atoms with van der Waals surface area (Å²) in [6, 6.07) is 0.154. The first-order valence-electron chi connectivity index (χ1n) is 5.69. The molecule has 1 amide bonds. The third-order valence-electron chi connectivity index (χ3n) is 2.19. The fourth-order valence-corrected chi connectivity index (χ4v) is 1.34. The lowest BCUT2D eigenvalue weighted by Gasteiger charge is -2.19. The first-order valence-corrected chi connectivity index (χ1v) is 5.69. The van der Waals surface area contributed by atoms with Crippen molar-refractivity contribution in [3.8, 4) is 0 Å². The molecule has 0 heterocycles. The van der Waals surface area contributed by atoms with Gasteiger partial charge in [-0.2, -0.15) is 0 Å². The van der Waals surface area contributed by atoms with Crippen LogP contribution in [-0.2, 0) is 9.59 Å². The molecule has 0 saturated heterocycles. The number of carbonyl (C=O) groups excluding carboxylic acids is 1. The Bertz CT molecular complexity index is 229. The van der Waals surface area contributed by atoms with Crippen molar-refractivity contribution in [3.05, 3.63) is 0 Å². The highest BCUT2D eigenvalue weighted by molar-refractivity contribution is 5.76. The Kier molecular flexibility index (Phi) is 7.54. The summed E-state index contributed by atoms with van der Waals surface area (Å²) in [5.74, 6) is -0.783. The fourth-order valence-electron chi connectivity index (χ4n) is 1.34. The summed E-state index contributed by atoms with van der Waals surface area (Å²) in [5, 5.41) is 11.4. The van der Waals surface area contributed by atoms with E-state index in [0.29, 0.717) is 19.5 Å². The van der Waals surface area contributed by atoms with Crippen molar-refractivity contribution in [2.75, 3.05) is 19.6 Å². The van der Waals surface area contributed by atoms with Gasteiger partial charge in [0.15, 0.2) is 0 Å². The minimum Gasteiger partial charge on any atom is -0.481 e. The number of nitrogens with one attached hydrogen (secondary N) is 1. The molecule has 5 nitrogen and oxygen atoms in total. The van der Waals surface area contributed by atoms with Crippen molar-refractivity contribution >= 4 is 11.9 Å². The third kappa shape index (κ3) is 8.23. The lowest BCUT2D eigenvalue weighted by Crippen LogP contribution is -2.34. The summed E-state index contributed by atoms with van der Waals surface area (Å²) >= 11 is 0. The number of hydrogen-bond donors (Lipinski definition) is 2. The van der Waals surface area contributed by atoms with Gasteiger partial charge < -0.3 is 15.3 Å². The van der Waals surface area contributed by atoms with Crippen LogP contribution in [0.1, 0.15) is 33.6 Å². The molecule has 0 saturated carbocycles. The predicted molar refractivity (Wildman–Crippen MR) is 62.3 cm³/mol. The van der Waals surface area contributed by atoms with Crippen LogP contribution in [-0.4, -0.2) is 47.6 Å². The van der Waals surface area contributed by atoms with E-state index >= 15 is 0 Å². The number of amides is 1. The molecule has 0 radical (unpaired) electrons. The van der Waals surface area contributed by atoms with Crippen molar-refractivity contribution in [2.45, 2.75) is 39.7 Å². The standard InChI is InChI=1S/C11H22N2O3/c1-4-13(8-6-11(15)16)7-5-10(14)12-9(2)3/h9H,4-8H2,1-3H3,(H,12,14)(H,15,16). The first kappa shape index (κ1) is 14.9. The smallest absolute Gasteiger partial charge is 0.304 e. The van der Waals surface area contributed by atoms with E-state index in [0.717, 1.165) is 6.54 Å². The molecule has 94 valence electrons. The zero-order chi connectivity index (χ0) is 12.6. The minimum atomic E-state index is -0.801. The zero-order valence-electron chi connectivity index (χ0n) is 10.3. The van der Waals surface area contributed by atoms with Crippen molar-refractivity contribution in [1.82, 2.24) is 10.2 Å². The Morgan fingerprint density at radius 1 is 1.25 bits per heavy atom. The molecule has 0 aromatic heterocycles. The highest BCUT2D eigenvalue weighted by Gasteiger charge is 2.08. The maximum Gasteiger partial charge on any atom is 0.304 e. The maximum absolute atomic E-state index is 11.4. The van der Waals surface area contributed by atoms with Crippen LogP contribution in [0.4, 0.5) is 0 Å². The average molecular weight is 230 g/mol. The van der Waals surface area contributed by atoms with Gasteiger partial charge in [-0.05, 0) is 20.4 Å². The monoisotopic (exact) mass is 230 g/mol. The summed E-state index contributed by atoms with van der Waals surface area (Å²) in [4.78, 5) is 23.7. The molecule has 0 aliphatic carbocycles. The van der Waals surface area contributed by atoms with E-state index in [4.69, 9.17) is 5.11 Å². The molecule has 0 bridgehead atoms. The molecule has 0 fully saturated rings. The molecule has 5 heteroatoms. The number of carboxylic acids is 1. The van der Waals surface area contributed by atoms with Crippen LogP contribution >= 0.6 is 0 Å². The van der Waals surface area contributed by atoms with Crippen LogP contribution in [0.25, 0.3) is 0 Å². The van der Waals surface area contributed by atoms with E-state index in [2.05, 4.69) is 5.32 Å². The van der Waals surface area contributed by atoms with Crippen molar-refractivity contribution in [2.24, 2.45) is 0 Å². The van der Waals surface area contributed by atoms with Gasteiger partial charge in [0.05, 0.1) is 6.42 Å². The molecule has 16 heavy (non-hydrogen) atoms. The molecule has 0 spiro atoms. The fraction of sp³-hybridized carbons (Fsp3) is 0.818. The molecule has 0 unspecified atom stereocenters. The molecule has 0 atom stereocenters. The van der Waals surface area contributed by atoms with Crippen LogP contribution in [0.15, 0.2) is 0 Å². The summed E-state index contributed by atoms with van der Waals surface area (Å²) in [6.07, 6.45) is 0.547. The van der Waals surface area contributed by atoms with Crippen LogP contribution in [0.3, 0.4) is 0 Å². The molecular weight excluding hydrogens is 208 g/mol. The molecule has 0 aromatic rings. The van der Waals surface area contributed by atoms with Gasteiger partial charge >= 0.3 is 5.97 Å². The van der Waals surface area contributed by atoms with Gasteiger partial charge in [-0.1, -0.05) is 6.92 Å². The Morgan fingerprint density at radius 3 is 2.25 bits per heavy atom. The Balaban J connectivity index is 3.77. The van der Waals surface area contributed by atoms with Gasteiger partial charge in [-0.25, -0.2) is 0 Å². The van der Waals surface area contributed by atoms with Gasteiger partial charge in [-0.15, -0.1) is 0 Å². The lowest BCUT2D eigenvalue weighted by atomic mass is 10.3. The SMILES string of the molecule is CCN(CCC(=O)O)CCC(=O)NC(C)C. The Hall–Kier alpha value is -1.10. The molecule has 0 aliphatic rings. The number of carbonyl (C=O) groups is 2. The average Bonchev–Trinajstić information content (AvgIpc) is 2.16.